The van der Waals surface area contributed by atoms with E-state index in [0.29, 0.717) is 17.8 Å². The van der Waals surface area contributed by atoms with Crippen molar-refractivity contribution in [3.8, 4) is 0 Å². The highest BCUT2D eigenvalue weighted by molar-refractivity contribution is 5.20. The van der Waals surface area contributed by atoms with Gasteiger partial charge >= 0.3 is 0 Å². The average molecular weight is 234 g/mol. The molecule has 1 aromatic heterocycles. The lowest BCUT2D eigenvalue weighted by atomic mass is 9.82. The van der Waals surface area contributed by atoms with E-state index in [9.17, 15) is 0 Å². The molecule has 1 heterocycles. The van der Waals surface area contributed by atoms with Gasteiger partial charge < -0.3 is 5.73 Å². The molecule has 0 aliphatic heterocycles. The molecule has 1 aromatic rings. The number of nitrogens with zero attached hydrogens (tertiary/aromatic N) is 1. The van der Waals surface area contributed by atoms with Crippen molar-refractivity contribution >= 4 is 0 Å². The lowest BCUT2D eigenvalue weighted by Crippen LogP contribution is -2.15. The Bertz CT molecular complexity index is 323. The molecule has 0 aliphatic rings. The van der Waals surface area contributed by atoms with E-state index in [1.165, 1.54) is 11.3 Å². The molecule has 0 aliphatic carbocycles. The van der Waals surface area contributed by atoms with Crippen LogP contribution in [0, 0.1) is 11.8 Å². The van der Waals surface area contributed by atoms with Gasteiger partial charge in [-0.1, -0.05) is 27.7 Å². The van der Waals surface area contributed by atoms with E-state index in [2.05, 4.69) is 44.8 Å². The monoisotopic (exact) mass is 234 g/mol. The maximum absolute atomic E-state index is 5.56. The van der Waals surface area contributed by atoms with Gasteiger partial charge in [0.1, 0.15) is 0 Å². The summed E-state index contributed by atoms with van der Waals surface area (Å²) in [5, 5.41) is 0. The predicted molar refractivity (Wildman–Crippen MR) is 74.0 cm³/mol. The third kappa shape index (κ3) is 4.12. The van der Waals surface area contributed by atoms with Gasteiger partial charge in [0.15, 0.2) is 0 Å². The Labute approximate surface area is 106 Å². The number of aryl methyl sites for hydroxylation is 1. The lowest BCUT2D eigenvalue weighted by molar-refractivity contribution is 0.379. The first-order chi connectivity index (χ1) is 8.06. The summed E-state index contributed by atoms with van der Waals surface area (Å²) in [4.78, 5) is 4.56. The zero-order valence-corrected chi connectivity index (χ0v) is 11.6. The van der Waals surface area contributed by atoms with Crippen LogP contribution >= 0.6 is 0 Å². The summed E-state index contributed by atoms with van der Waals surface area (Å²) >= 11 is 0. The van der Waals surface area contributed by atoms with Crippen molar-refractivity contribution < 1.29 is 0 Å². The van der Waals surface area contributed by atoms with Gasteiger partial charge in [-0.05, 0) is 48.9 Å². The Kier molecular flexibility index (Phi) is 5.63. The van der Waals surface area contributed by atoms with Crippen LogP contribution in [-0.2, 0) is 6.42 Å². The fourth-order valence-electron chi connectivity index (χ4n) is 2.59. The molecule has 0 unspecified atom stereocenters. The van der Waals surface area contributed by atoms with Crippen molar-refractivity contribution in [1.29, 1.82) is 0 Å². The van der Waals surface area contributed by atoms with Crippen molar-refractivity contribution in [3.63, 3.8) is 0 Å². The predicted octanol–water partition coefficient (Wildman–Crippen LogP) is 3.37. The van der Waals surface area contributed by atoms with Crippen LogP contribution in [0.3, 0.4) is 0 Å². The van der Waals surface area contributed by atoms with Gasteiger partial charge in [0.25, 0.3) is 0 Å². The van der Waals surface area contributed by atoms with E-state index >= 15 is 0 Å². The molecule has 0 atom stereocenters. The Balaban J connectivity index is 2.88. The molecule has 1 rings (SSSR count). The quantitative estimate of drug-likeness (QED) is 0.819. The Morgan fingerprint density at radius 1 is 1.18 bits per heavy atom. The maximum atomic E-state index is 5.56. The van der Waals surface area contributed by atoms with Gasteiger partial charge in [-0.2, -0.15) is 0 Å². The van der Waals surface area contributed by atoms with Gasteiger partial charge in [0, 0.05) is 17.8 Å². The molecule has 0 bridgehead atoms. The van der Waals surface area contributed by atoms with Crippen LogP contribution in [0.5, 0.6) is 0 Å². The first kappa shape index (κ1) is 14.2. The van der Waals surface area contributed by atoms with E-state index in [4.69, 9.17) is 5.73 Å². The number of hydrogen-bond donors (Lipinski definition) is 1. The van der Waals surface area contributed by atoms with Crippen LogP contribution in [0.4, 0.5) is 0 Å². The molecule has 0 spiro atoms. The zero-order valence-electron chi connectivity index (χ0n) is 11.6. The Hall–Kier alpha value is -0.890. The van der Waals surface area contributed by atoms with E-state index in [1.54, 1.807) is 0 Å². The van der Waals surface area contributed by atoms with Crippen LogP contribution in [0.1, 0.15) is 51.3 Å². The smallest absolute Gasteiger partial charge is 0.0442 e. The zero-order chi connectivity index (χ0) is 12.8. The van der Waals surface area contributed by atoms with Gasteiger partial charge in [-0.15, -0.1) is 0 Å². The van der Waals surface area contributed by atoms with Crippen LogP contribution in [0.15, 0.2) is 18.3 Å². The molecule has 0 radical (unpaired) electrons. The molecule has 0 saturated carbocycles. The summed E-state index contributed by atoms with van der Waals surface area (Å²) in [5.74, 6) is 1.81. The van der Waals surface area contributed by atoms with E-state index in [1.807, 2.05) is 6.20 Å². The minimum absolute atomic E-state index is 0.549. The number of nitrogens with two attached hydrogens (primary N) is 1. The molecule has 2 nitrogen and oxygen atoms in total. The molecule has 2 heteroatoms. The van der Waals surface area contributed by atoms with Crippen molar-refractivity contribution in [2.45, 2.75) is 46.5 Å². The normalized spacial score (nSPS) is 11.8. The van der Waals surface area contributed by atoms with Crippen molar-refractivity contribution in [2.75, 3.05) is 6.54 Å². The fraction of sp³-hybridized carbons (Fsp3) is 0.667. The summed E-state index contributed by atoms with van der Waals surface area (Å²) < 4.78 is 0. The number of aromatic nitrogens is 1. The Morgan fingerprint density at radius 3 is 2.35 bits per heavy atom. The average Bonchev–Trinajstić information content (AvgIpc) is 2.26. The highest BCUT2D eigenvalue weighted by atomic mass is 14.7. The molecule has 17 heavy (non-hydrogen) atoms. The van der Waals surface area contributed by atoms with Crippen molar-refractivity contribution in [2.24, 2.45) is 17.6 Å². The third-order valence-corrected chi connectivity index (χ3v) is 3.29. The first-order valence-corrected chi connectivity index (χ1v) is 6.71. The summed E-state index contributed by atoms with van der Waals surface area (Å²) in [6, 6.07) is 4.37. The van der Waals surface area contributed by atoms with Crippen LogP contribution in [0.25, 0.3) is 0 Å². The minimum Gasteiger partial charge on any atom is -0.330 e. The summed E-state index contributed by atoms with van der Waals surface area (Å²) in [5.41, 5.74) is 8.16. The summed E-state index contributed by atoms with van der Waals surface area (Å²) in [6.45, 7) is 9.87. The van der Waals surface area contributed by atoms with Gasteiger partial charge in [-0.25, -0.2) is 0 Å². The fourth-order valence-corrected chi connectivity index (χ4v) is 2.59. The minimum atomic E-state index is 0.549. The topological polar surface area (TPSA) is 38.9 Å². The summed E-state index contributed by atoms with van der Waals surface area (Å²) in [7, 11) is 0. The van der Waals surface area contributed by atoms with Crippen molar-refractivity contribution in [1.82, 2.24) is 4.98 Å². The maximum Gasteiger partial charge on any atom is 0.0442 e. The highest BCUT2D eigenvalue weighted by Gasteiger charge is 2.20. The number of pyridine rings is 1. The van der Waals surface area contributed by atoms with Crippen molar-refractivity contribution in [3.05, 3.63) is 29.6 Å². The molecule has 2 N–H and O–H groups in total. The third-order valence-electron chi connectivity index (χ3n) is 3.29. The highest BCUT2D eigenvalue weighted by Crippen LogP contribution is 2.30. The largest absolute Gasteiger partial charge is 0.330 e. The molecule has 0 saturated heterocycles. The molecule has 0 amide bonds. The van der Waals surface area contributed by atoms with Crippen LogP contribution < -0.4 is 5.73 Å². The molecular weight excluding hydrogens is 208 g/mol. The SMILES string of the molecule is CC(C)C(c1cc(CCCN)ccn1)C(C)C. The van der Waals surface area contributed by atoms with Gasteiger partial charge in [0.2, 0.25) is 0 Å². The first-order valence-electron chi connectivity index (χ1n) is 6.71. The molecule has 0 fully saturated rings. The molecule has 0 aromatic carbocycles. The molecular formula is C15H26N2. The second-order valence-corrected chi connectivity index (χ2v) is 5.50. The second-order valence-electron chi connectivity index (χ2n) is 5.50. The lowest BCUT2D eigenvalue weighted by Gasteiger charge is -2.24. The van der Waals surface area contributed by atoms with E-state index < -0.39 is 0 Å². The Morgan fingerprint density at radius 2 is 1.82 bits per heavy atom. The summed E-state index contributed by atoms with van der Waals surface area (Å²) in [6.07, 6.45) is 4.06. The number of rotatable bonds is 6. The van der Waals surface area contributed by atoms with Gasteiger partial charge in [0.05, 0.1) is 0 Å². The molecule has 96 valence electrons. The van der Waals surface area contributed by atoms with E-state index in [0.717, 1.165) is 19.4 Å². The number of hydrogen-bond acceptors (Lipinski definition) is 2. The standard InChI is InChI=1S/C15H26N2/c1-11(2)15(12(3)4)14-10-13(6-5-8-16)7-9-17-14/h7,9-12,15H,5-6,8,16H2,1-4H3. The van der Waals surface area contributed by atoms with Crippen LogP contribution in [-0.4, -0.2) is 11.5 Å². The van der Waals surface area contributed by atoms with Gasteiger partial charge in [-0.3, -0.25) is 4.98 Å². The van der Waals surface area contributed by atoms with E-state index in [-0.39, 0.29) is 0 Å². The second kappa shape index (κ2) is 6.75. The van der Waals surface area contributed by atoms with Crippen LogP contribution in [0.2, 0.25) is 0 Å².